The minimum atomic E-state index is -0.521. The molecule has 2 heterocycles. The summed E-state index contributed by atoms with van der Waals surface area (Å²) in [6.07, 6.45) is 0. The van der Waals surface area contributed by atoms with Gasteiger partial charge in [0.25, 0.3) is 0 Å². The molecular formula is C13H15F2NO2. The Hall–Kier alpha value is -1.20. The van der Waals surface area contributed by atoms with Crippen LogP contribution in [-0.4, -0.2) is 33.4 Å². The monoisotopic (exact) mass is 255 g/mol. The van der Waals surface area contributed by atoms with E-state index in [2.05, 4.69) is 5.32 Å². The number of hydrogen-bond acceptors (Lipinski definition) is 3. The van der Waals surface area contributed by atoms with Crippen LogP contribution in [0.1, 0.15) is 5.56 Å². The maximum Gasteiger partial charge on any atom is 0.165 e. The van der Waals surface area contributed by atoms with Gasteiger partial charge in [0.15, 0.2) is 11.6 Å². The predicted octanol–water partition coefficient (Wildman–Crippen LogP) is 1.46. The molecule has 98 valence electrons. The molecule has 5 heteroatoms. The normalized spacial score (nSPS) is 22.2. The highest BCUT2D eigenvalue weighted by Gasteiger charge is 2.50. The van der Waals surface area contributed by atoms with E-state index in [0.717, 1.165) is 19.2 Å². The summed E-state index contributed by atoms with van der Waals surface area (Å²) in [5.74, 6) is -0.678. The molecule has 0 aliphatic carbocycles. The number of nitrogens with one attached hydrogen (secondary N) is 1. The van der Waals surface area contributed by atoms with Crippen molar-refractivity contribution < 1.29 is 18.3 Å². The number of hydrogen-bond donors (Lipinski definition) is 1. The molecule has 0 radical (unpaired) electrons. The number of benzene rings is 1. The SMILES string of the molecule is COc1cc(F)c(C2(C3CNC3)COC2)cc1F. The molecule has 2 aliphatic rings. The Morgan fingerprint density at radius 3 is 2.44 bits per heavy atom. The van der Waals surface area contributed by atoms with Gasteiger partial charge >= 0.3 is 0 Å². The molecule has 1 aromatic carbocycles. The lowest BCUT2D eigenvalue weighted by molar-refractivity contribution is -0.103. The molecule has 18 heavy (non-hydrogen) atoms. The molecule has 3 rings (SSSR count). The Balaban J connectivity index is 2.02. The average Bonchev–Trinajstić information content (AvgIpc) is 2.23. The zero-order chi connectivity index (χ0) is 12.8. The van der Waals surface area contributed by atoms with Gasteiger partial charge in [0.2, 0.25) is 0 Å². The van der Waals surface area contributed by atoms with Crippen LogP contribution in [0.5, 0.6) is 5.75 Å². The number of methoxy groups -OCH3 is 1. The summed E-state index contributed by atoms with van der Waals surface area (Å²) < 4.78 is 37.9. The lowest BCUT2D eigenvalue weighted by atomic mass is 9.66. The topological polar surface area (TPSA) is 30.5 Å². The van der Waals surface area contributed by atoms with E-state index in [9.17, 15) is 8.78 Å². The minimum absolute atomic E-state index is 0.0571. The summed E-state index contributed by atoms with van der Waals surface area (Å²) in [6, 6.07) is 2.38. The number of ether oxygens (including phenoxy) is 2. The van der Waals surface area contributed by atoms with Gasteiger partial charge in [0.05, 0.1) is 25.7 Å². The fraction of sp³-hybridized carbons (Fsp3) is 0.538. The van der Waals surface area contributed by atoms with Gasteiger partial charge in [-0.15, -0.1) is 0 Å². The summed E-state index contributed by atoms with van der Waals surface area (Å²) in [7, 11) is 1.33. The third-order valence-electron chi connectivity index (χ3n) is 4.06. The smallest absolute Gasteiger partial charge is 0.165 e. The van der Waals surface area contributed by atoms with Gasteiger partial charge in [-0.2, -0.15) is 0 Å². The van der Waals surface area contributed by atoms with Gasteiger partial charge in [-0.3, -0.25) is 0 Å². The van der Waals surface area contributed by atoms with Crippen LogP contribution in [-0.2, 0) is 10.2 Å². The predicted molar refractivity (Wildman–Crippen MR) is 61.8 cm³/mol. The third-order valence-corrected chi connectivity index (χ3v) is 4.06. The number of halogens is 2. The third kappa shape index (κ3) is 1.54. The summed E-state index contributed by atoms with van der Waals surface area (Å²) in [5, 5.41) is 3.17. The van der Waals surface area contributed by atoms with E-state index >= 15 is 0 Å². The van der Waals surface area contributed by atoms with Crippen LogP contribution in [0.2, 0.25) is 0 Å². The van der Waals surface area contributed by atoms with E-state index in [1.807, 2.05) is 0 Å². The van der Waals surface area contributed by atoms with Gasteiger partial charge < -0.3 is 14.8 Å². The number of rotatable bonds is 3. The Kier molecular flexibility index (Phi) is 2.75. The zero-order valence-corrected chi connectivity index (χ0v) is 10.1. The second-order valence-electron chi connectivity index (χ2n) is 4.97. The second-order valence-corrected chi connectivity index (χ2v) is 4.97. The molecule has 0 saturated carbocycles. The Morgan fingerprint density at radius 2 is 2.00 bits per heavy atom. The van der Waals surface area contributed by atoms with Gasteiger partial charge in [0, 0.05) is 24.7 Å². The van der Waals surface area contributed by atoms with E-state index in [0.29, 0.717) is 24.7 Å². The largest absolute Gasteiger partial charge is 0.494 e. The summed E-state index contributed by atoms with van der Waals surface area (Å²) in [5.41, 5.74) is 0.0427. The molecule has 0 aromatic heterocycles. The lowest BCUT2D eigenvalue weighted by Crippen LogP contribution is -2.63. The zero-order valence-electron chi connectivity index (χ0n) is 10.1. The van der Waals surface area contributed by atoms with Crippen LogP contribution < -0.4 is 10.1 Å². The maximum absolute atomic E-state index is 14.1. The van der Waals surface area contributed by atoms with Crippen molar-refractivity contribution in [3.63, 3.8) is 0 Å². The molecule has 0 bridgehead atoms. The van der Waals surface area contributed by atoms with E-state index in [1.165, 1.54) is 13.2 Å². The maximum atomic E-state index is 14.1. The van der Waals surface area contributed by atoms with E-state index < -0.39 is 11.6 Å². The molecule has 0 spiro atoms. The van der Waals surface area contributed by atoms with Crippen molar-refractivity contribution in [2.45, 2.75) is 5.41 Å². The first-order valence-corrected chi connectivity index (χ1v) is 5.99. The van der Waals surface area contributed by atoms with E-state index in [4.69, 9.17) is 9.47 Å². The highest BCUT2D eigenvalue weighted by molar-refractivity contribution is 5.38. The van der Waals surface area contributed by atoms with Crippen LogP contribution in [0.25, 0.3) is 0 Å². The highest BCUT2D eigenvalue weighted by atomic mass is 19.1. The van der Waals surface area contributed by atoms with Crippen molar-refractivity contribution in [2.75, 3.05) is 33.4 Å². The lowest BCUT2D eigenvalue weighted by Gasteiger charge is -2.51. The van der Waals surface area contributed by atoms with Crippen LogP contribution in [0.15, 0.2) is 12.1 Å². The van der Waals surface area contributed by atoms with Gasteiger partial charge in [0.1, 0.15) is 5.82 Å². The molecule has 1 N–H and O–H groups in total. The molecule has 1 aromatic rings. The van der Waals surface area contributed by atoms with Crippen molar-refractivity contribution in [2.24, 2.45) is 5.92 Å². The van der Waals surface area contributed by atoms with E-state index in [1.54, 1.807) is 0 Å². The summed E-state index contributed by atoms with van der Waals surface area (Å²) >= 11 is 0. The van der Waals surface area contributed by atoms with Crippen LogP contribution in [0.4, 0.5) is 8.78 Å². The Labute approximate surface area is 104 Å². The summed E-state index contributed by atoms with van der Waals surface area (Å²) in [6.45, 7) is 2.58. The Morgan fingerprint density at radius 1 is 1.28 bits per heavy atom. The van der Waals surface area contributed by atoms with Crippen molar-refractivity contribution in [3.8, 4) is 5.75 Å². The minimum Gasteiger partial charge on any atom is -0.494 e. The Bertz CT molecular complexity index is 470. The van der Waals surface area contributed by atoms with Crippen LogP contribution >= 0.6 is 0 Å². The van der Waals surface area contributed by atoms with Crippen molar-refractivity contribution in [1.29, 1.82) is 0 Å². The first kappa shape index (κ1) is 11.9. The van der Waals surface area contributed by atoms with Crippen molar-refractivity contribution >= 4 is 0 Å². The fourth-order valence-electron chi connectivity index (χ4n) is 2.68. The molecule has 3 nitrogen and oxygen atoms in total. The highest BCUT2D eigenvalue weighted by Crippen LogP contribution is 2.43. The molecule has 0 atom stereocenters. The van der Waals surface area contributed by atoms with Gasteiger partial charge in [-0.05, 0) is 12.0 Å². The quantitative estimate of drug-likeness (QED) is 0.887. The molecule has 0 unspecified atom stereocenters. The standard InChI is InChI=1S/C13H15F2NO2/c1-17-12-3-10(14)9(2-11(12)15)13(6-18-7-13)8-4-16-5-8/h2-3,8,16H,4-7H2,1H3. The van der Waals surface area contributed by atoms with Crippen molar-refractivity contribution in [3.05, 3.63) is 29.3 Å². The molecule has 2 aliphatic heterocycles. The van der Waals surface area contributed by atoms with Crippen LogP contribution in [0.3, 0.4) is 0 Å². The molecular weight excluding hydrogens is 240 g/mol. The second kappa shape index (κ2) is 4.17. The molecule has 0 amide bonds. The van der Waals surface area contributed by atoms with Crippen LogP contribution in [0, 0.1) is 17.6 Å². The molecule has 2 saturated heterocycles. The van der Waals surface area contributed by atoms with Crippen molar-refractivity contribution in [1.82, 2.24) is 5.32 Å². The molecule has 2 fully saturated rings. The van der Waals surface area contributed by atoms with Gasteiger partial charge in [-0.25, -0.2) is 8.78 Å². The average molecular weight is 255 g/mol. The summed E-state index contributed by atoms with van der Waals surface area (Å²) in [4.78, 5) is 0. The first-order chi connectivity index (χ1) is 8.67. The first-order valence-electron chi connectivity index (χ1n) is 5.99. The van der Waals surface area contributed by atoms with E-state index in [-0.39, 0.29) is 11.2 Å². The fourth-order valence-corrected chi connectivity index (χ4v) is 2.68. The van der Waals surface area contributed by atoms with Gasteiger partial charge in [-0.1, -0.05) is 0 Å².